The van der Waals surface area contributed by atoms with Crippen LogP contribution in [0, 0.1) is 5.92 Å². The van der Waals surface area contributed by atoms with Crippen molar-refractivity contribution < 1.29 is 14.6 Å². The van der Waals surface area contributed by atoms with Gasteiger partial charge in [-0.25, -0.2) is 4.98 Å². The molecule has 0 amide bonds. The fraction of sp³-hybridized carbons (Fsp3) is 0.692. The van der Waals surface area contributed by atoms with Gasteiger partial charge < -0.3 is 14.4 Å². The monoisotopic (exact) mass is 252 g/mol. The van der Waals surface area contributed by atoms with E-state index in [2.05, 4.69) is 4.98 Å². The molecule has 0 aromatic carbocycles. The van der Waals surface area contributed by atoms with Crippen molar-refractivity contribution in [2.75, 3.05) is 6.61 Å². The molecule has 0 saturated heterocycles. The molecule has 1 saturated carbocycles. The minimum Gasteiger partial charge on any atom is -0.466 e. The summed E-state index contributed by atoms with van der Waals surface area (Å²) in [7, 11) is 0. The van der Waals surface area contributed by atoms with Gasteiger partial charge >= 0.3 is 5.97 Å². The Bertz CT molecular complexity index is 381. The minimum absolute atomic E-state index is 0.0481. The molecule has 0 unspecified atom stereocenters. The van der Waals surface area contributed by atoms with Gasteiger partial charge in [0.1, 0.15) is 0 Å². The summed E-state index contributed by atoms with van der Waals surface area (Å²) < 4.78 is 6.90. The molecule has 0 spiro atoms. The van der Waals surface area contributed by atoms with Crippen molar-refractivity contribution in [1.29, 1.82) is 0 Å². The molecule has 18 heavy (non-hydrogen) atoms. The van der Waals surface area contributed by atoms with E-state index in [9.17, 15) is 9.90 Å². The lowest BCUT2D eigenvalue weighted by Crippen LogP contribution is -2.39. The maximum atomic E-state index is 11.6. The fourth-order valence-corrected chi connectivity index (χ4v) is 2.53. The van der Waals surface area contributed by atoms with Crippen LogP contribution in [0.3, 0.4) is 0 Å². The summed E-state index contributed by atoms with van der Waals surface area (Å²) in [4.78, 5) is 15.6. The SMILES string of the molecule is CCOC(=O)C1CCC(O)(Cn2ccnc2)CC1. The van der Waals surface area contributed by atoms with Crippen molar-refractivity contribution in [2.45, 2.75) is 44.8 Å². The third kappa shape index (κ3) is 3.10. The van der Waals surface area contributed by atoms with Crippen LogP contribution >= 0.6 is 0 Å². The zero-order valence-corrected chi connectivity index (χ0v) is 10.7. The van der Waals surface area contributed by atoms with Gasteiger partial charge in [0.05, 0.1) is 31.0 Å². The molecule has 5 heteroatoms. The first-order valence-corrected chi connectivity index (χ1v) is 6.48. The molecule has 5 nitrogen and oxygen atoms in total. The van der Waals surface area contributed by atoms with Gasteiger partial charge in [-0.2, -0.15) is 0 Å². The molecular formula is C13H20N2O3. The zero-order valence-electron chi connectivity index (χ0n) is 10.7. The van der Waals surface area contributed by atoms with Gasteiger partial charge in [-0.05, 0) is 32.6 Å². The van der Waals surface area contributed by atoms with E-state index in [0.717, 1.165) is 0 Å². The van der Waals surface area contributed by atoms with Crippen molar-refractivity contribution >= 4 is 5.97 Å². The summed E-state index contributed by atoms with van der Waals surface area (Å²) in [5.74, 6) is -0.171. The second-order valence-corrected chi connectivity index (χ2v) is 4.99. The van der Waals surface area contributed by atoms with Gasteiger partial charge in [-0.15, -0.1) is 0 Å². The summed E-state index contributed by atoms with van der Waals surface area (Å²) >= 11 is 0. The van der Waals surface area contributed by atoms with Gasteiger partial charge in [-0.1, -0.05) is 0 Å². The molecule has 1 aromatic heterocycles. The highest BCUT2D eigenvalue weighted by Gasteiger charge is 2.36. The number of hydrogen-bond acceptors (Lipinski definition) is 4. The first kappa shape index (κ1) is 13.1. The van der Waals surface area contributed by atoms with E-state index in [4.69, 9.17) is 4.74 Å². The molecule has 1 aliphatic carbocycles. The lowest BCUT2D eigenvalue weighted by molar-refractivity contribution is -0.151. The summed E-state index contributed by atoms with van der Waals surface area (Å²) in [5.41, 5.74) is -0.719. The number of carbonyl (C=O) groups excluding carboxylic acids is 1. The predicted octanol–water partition coefficient (Wildman–Crippen LogP) is 1.37. The Morgan fingerprint density at radius 3 is 2.83 bits per heavy atom. The Hall–Kier alpha value is -1.36. The Kier molecular flexibility index (Phi) is 4.01. The molecule has 1 aromatic rings. The highest BCUT2D eigenvalue weighted by atomic mass is 16.5. The van der Waals surface area contributed by atoms with Crippen LogP contribution < -0.4 is 0 Å². The Morgan fingerprint density at radius 2 is 2.28 bits per heavy atom. The molecule has 1 fully saturated rings. The van der Waals surface area contributed by atoms with Crippen molar-refractivity contribution in [3.63, 3.8) is 0 Å². The molecule has 1 N–H and O–H groups in total. The van der Waals surface area contributed by atoms with Gasteiger partial charge in [0.25, 0.3) is 0 Å². The second kappa shape index (κ2) is 5.52. The van der Waals surface area contributed by atoms with E-state index in [1.807, 2.05) is 17.7 Å². The van der Waals surface area contributed by atoms with Crippen LogP contribution in [0.2, 0.25) is 0 Å². The zero-order chi connectivity index (χ0) is 13.0. The van der Waals surface area contributed by atoms with Gasteiger partial charge in [-0.3, -0.25) is 4.79 Å². The largest absolute Gasteiger partial charge is 0.466 e. The van der Waals surface area contributed by atoms with Crippen molar-refractivity contribution in [2.24, 2.45) is 5.92 Å². The quantitative estimate of drug-likeness (QED) is 0.822. The normalized spacial score (nSPS) is 28.0. The van der Waals surface area contributed by atoms with E-state index in [-0.39, 0.29) is 11.9 Å². The van der Waals surface area contributed by atoms with E-state index in [1.54, 1.807) is 12.5 Å². The van der Waals surface area contributed by atoms with E-state index in [0.29, 0.717) is 38.8 Å². The number of imidazole rings is 1. The number of nitrogens with zero attached hydrogens (tertiary/aromatic N) is 2. The maximum absolute atomic E-state index is 11.6. The smallest absolute Gasteiger partial charge is 0.308 e. The summed E-state index contributed by atoms with van der Waals surface area (Å²) in [6.45, 7) is 2.79. The Balaban J connectivity index is 1.87. The molecule has 0 bridgehead atoms. The number of esters is 1. The van der Waals surface area contributed by atoms with Crippen LogP contribution in [0.5, 0.6) is 0 Å². The highest BCUT2D eigenvalue weighted by Crippen LogP contribution is 2.33. The van der Waals surface area contributed by atoms with E-state index in [1.165, 1.54) is 0 Å². The summed E-state index contributed by atoms with van der Waals surface area (Å²) in [6.07, 6.45) is 7.91. The molecule has 1 heterocycles. The Morgan fingerprint density at radius 1 is 1.56 bits per heavy atom. The van der Waals surface area contributed by atoms with Crippen molar-refractivity contribution in [1.82, 2.24) is 9.55 Å². The first-order chi connectivity index (χ1) is 8.63. The Labute approximate surface area is 107 Å². The summed E-state index contributed by atoms with van der Waals surface area (Å²) in [6, 6.07) is 0. The lowest BCUT2D eigenvalue weighted by atomic mass is 9.78. The molecular weight excluding hydrogens is 232 g/mol. The predicted molar refractivity (Wildman–Crippen MR) is 65.8 cm³/mol. The van der Waals surface area contributed by atoms with Crippen LogP contribution in [0.4, 0.5) is 0 Å². The van der Waals surface area contributed by atoms with Gasteiger partial charge in [0, 0.05) is 12.4 Å². The van der Waals surface area contributed by atoms with Crippen molar-refractivity contribution in [3.05, 3.63) is 18.7 Å². The van der Waals surface area contributed by atoms with E-state index >= 15 is 0 Å². The number of carbonyl (C=O) groups is 1. The fourth-order valence-electron chi connectivity index (χ4n) is 2.53. The minimum atomic E-state index is -0.719. The highest BCUT2D eigenvalue weighted by molar-refractivity contribution is 5.72. The maximum Gasteiger partial charge on any atom is 0.308 e. The van der Waals surface area contributed by atoms with Crippen LogP contribution in [0.25, 0.3) is 0 Å². The standard InChI is InChI=1S/C13H20N2O3/c1-2-18-12(16)11-3-5-13(17,6-4-11)9-15-8-7-14-10-15/h7-8,10-11,17H,2-6,9H2,1H3. The molecule has 0 radical (unpaired) electrons. The molecule has 1 aliphatic rings. The average molecular weight is 252 g/mol. The average Bonchev–Trinajstić information content (AvgIpc) is 2.82. The first-order valence-electron chi connectivity index (χ1n) is 6.48. The lowest BCUT2D eigenvalue weighted by Gasteiger charge is -2.35. The number of ether oxygens (including phenoxy) is 1. The number of aromatic nitrogens is 2. The van der Waals surface area contributed by atoms with Crippen LogP contribution in [-0.4, -0.2) is 32.8 Å². The molecule has 0 atom stereocenters. The van der Waals surface area contributed by atoms with Crippen LogP contribution in [-0.2, 0) is 16.1 Å². The van der Waals surface area contributed by atoms with E-state index < -0.39 is 5.60 Å². The van der Waals surface area contributed by atoms with Crippen molar-refractivity contribution in [3.8, 4) is 0 Å². The van der Waals surface area contributed by atoms with Crippen LogP contribution in [0.15, 0.2) is 18.7 Å². The number of aliphatic hydroxyl groups is 1. The number of rotatable bonds is 4. The van der Waals surface area contributed by atoms with Gasteiger partial charge in [0.15, 0.2) is 0 Å². The third-order valence-corrected chi connectivity index (χ3v) is 3.57. The topological polar surface area (TPSA) is 64.3 Å². The molecule has 0 aliphatic heterocycles. The summed E-state index contributed by atoms with van der Waals surface area (Å²) in [5, 5.41) is 10.5. The molecule has 2 rings (SSSR count). The number of hydrogen-bond donors (Lipinski definition) is 1. The third-order valence-electron chi connectivity index (χ3n) is 3.57. The molecule has 100 valence electrons. The second-order valence-electron chi connectivity index (χ2n) is 4.99. The van der Waals surface area contributed by atoms with Crippen LogP contribution in [0.1, 0.15) is 32.6 Å². The van der Waals surface area contributed by atoms with Gasteiger partial charge in [0.2, 0.25) is 0 Å².